The van der Waals surface area contributed by atoms with Crippen LogP contribution in [0.15, 0.2) is 18.3 Å². The Balaban J connectivity index is 2.72. The van der Waals surface area contributed by atoms with Crippen LogP contribution in [0.4, 0.5) is 0 Å². The summed E-state index contributed by atoms with van der Waals surface area (Å²) in [6.07, 6.45) is 1.59. The van der Waals surface area contributed by atoms with Gasteiger partial charge in [-0.1, -0.05) is 17.7 Å². The molecule has 0 N–H and O–H groups in total. The molecule has 0 spiro atoms. The molecule has 15 heavy (non-hydrogen) atoms. The summed E-state index contributed by atoms with van der Waals surface area (Å²) in [6.45, 7) is 1.49. The van der Waals surface area contributed by atoms with Gasteiger partial charge in [-0.15, -0.1) is 0 Å². The van der Waals surface area contributed by atoms with Gasteiger partial charge in [0.05, 0.1) is 11.3 Å². The van der Waals surface area contributed by atoms with E-state index in [4.69, 9.17) is 5.26 Å². The molecular formula is C11H8N2OS. The van der Waals surface area contributed by atoms with Gasteiger partial charge in [0.1, 0.15) is 11.8 Å². The summed E-state index contributed by atoms with van der Waals surface area (Å²) in [5.41, 5.74) is 0.918. The van der Waals surface area contributed by atoms with Crippen LogP contribution in [0.3, 0.4) is 0 Å². The molecule has 1 rings (SSSR count). The average Bonchev–Trinajstić information content (AvgIpc) is 2.24. The van der Waals surface area contributed by atoms with E-state index in [2.05, 4.69) is 16.8 Å². The Morgan fingerprint density at radius 1 is 1.67 bits per heavy atom. The number of aromatic nitrogens is 1. The van der Waals surface area contributed by atoms with E-state index in [1.807, 2.05) is 6.07 Å². The van der Waals surface area contributed by atoms with Gasteiger partial charge in [-0.3, -0.25) is 4.79 Å². The number of hydrogen-bond acceptors (Lipinski definition) is 4. The van der Waals surface area contributed by atoms with Crippen molar-refractivity contribution in [2.75, 3.05) is 5.75 Å². The third-order valence-corrected chi connectivity index (χ3v) is 2.18. The first-order chi connectivity index (χ1) is 7.24. The van der Waals surface area contributed by atoms with E-state index in [0.717, 1.165) is 11.8 Å². The van der Waals surface area contributed by atoms with Crippen LogP contribution in [0, 0.1) is 23.2 Å². The largest absolute Gasteiger partial charge is 0.288 e. The maximum atomic E-state index is 10.6. The molecule has 4 heteroatoms. The van der Waals surface area contributed by atoms with Crippen molar-refractivity contribution in [1.82, 2.24) is 4.98 Å². The van der Waals surface area contributed by atoms with Crippen LogP contribution in [-0.4, -0.2) is 15.9 Å². The quantitative estimate of drug-likeness (QED) is 0.669. The van der Waals surface area contributed by atoms with Crippen molar-refractivity contribution < 1.29 is 4.79 Å². The van der Waals surface area contributed by atoms with E-state index in [9.17, 15) is 4.79 Å². The molecule has 1 aromatic heterocycles. The van der Waals surface area contributed by atoms with Gasteiger partial charge < -0.3 is 0 Å². The van der Waals surface area contributed by atoms with Gasteiger partial charge >= 0.3 is 0 Å². The lowest BCUT2D eigenvalue weighted by Crippen LogP contribution is -1.88. The first-order valence-electron chi connectivity index (χ1n) is 4.21. The second-order valence-corrected chi connectivity index (χ2v) is 3.75. The number of pyridine rings is 1. The molecule has 1 heterocycles. The summed E-state index contributed by atoms with van der Waals surface area (Å²) in [7, 11) is 0. The maximum absolute atomic E-state index is 10.6. The molecular weight excluding hydrogens is 208 g/mol. The predicted molar refractivity (Wildman–Crippen MR) is 59.0 cm³/mol. The van der Waals surface area contributed by atoms with Gasteiger partial charge in [0.15, 0.2) is 5.12 Å². The molecule has 0 aromatic carbocycles. The monoisotopic (exact) mass is 216 g/mol. The molecule has 3 nitrogen and oxygen atoms in total. The van der Waals surface area contributed by atoms with Crippen molar-refractivity contribution in [3.8, 4) is 17.9 Å². The zero-order valence-electron chi connectivity index (χ0n) is 8.15. The summed E-state index contributed by atoms with van der Waals surface area (Å²) in [4.78, 5) is 14.6. The Kier molecular flexibility index (Phi) is 4.40. The molecule has 0 atom stereocenters. The van der Waals surface area contributed by atoms with Crippen molar-refractivity contribution in [3.63, 3.8) is 0 Å². The molecule has 74 valence electrons. The Morgan fingerprint density at radius 2 is 2.47 bits per heavy atom. The van der Waals surface area contributed by atoms with Gasteiger partial charge in [-0.25, -0.2) is 4.98 Å². The number of thioether (sulfide) groups is 1. The molecule has 1 aromatic rings. The minimum Gasteiger partial charge on any atom is -0.288 e. The summed E-state index contributed by atoms with van der Waals surface area (Å²) >= 11 is 1.14. The van der Waals surface area contributed by atoms with E-state index in [1.165, 1.54) is 6.92 Å². The summed E-state index contributed by atoms with van der Waals surface area (Å²) in [6, 6.07) is 5.36. The van der Waals surface area contributed by atoms with Crippen molar-refractivity contribution in [2.45, 2.75) is 6.92 Å². The van der Waals surface area contributed by atoms with Crippen molar-refractivity contribution >= 4 is 16.9 Å². The van der Waals surface area contributed by atoms with Crippen molar-refractivity contribution in [1.29, 1.82) is 5.26 Å². The number of nitriles is 1. The van der Waals surface area contributed by atoms with Crippen molar-refractivity contribution in [3.05, 3.63) is 29.6 Å². The van der Waals surface area contributed by atoms with Gasteiger partial charge in [-0.05, 0) is 18.1 Å². The fraction of sp³-hybridized carbons (Fsp3) is 0.182. The third kappa shape index (κ3) is 3.84. The SMILES string of the molecule is CC(=O)SCC#Cc1ncccc1C#N. The predicted octanol–water partition coefficient (Wildman–Crippen LogP) is 1.58. The molecule has 0 saturated carbocycles. The smallest absolute Gasteiger partial charge is 0.186 e. The molecule has 0 unspecified atom stereocenters. The highest BCUT2D eigenvalue weighted by Crippen LogP contribution is 2.02. The summed E-state index contributed by atoms with van der Waals surface area (Å²) < 4.78 is 0. The molecule has 0 saturated heterocycles. The highest BCUT2D eigenvalue weighted by molar-refractivity contribution is 8.13. The Hall–Kier alpha value is -1.78. The third-order valence-electron chi connectivity index (χ3n) is 1.48. The lowest BCUT2D eigenvalue weighted by Gasteiger charge is -1.91. The Morgan fingerprint density at radius 3 is 3.13 bits per heavy atom. The number of nitrogens with zero attached hydrogens (tertiary/aromatic N) is 2. The number of carbonyl (C=O) groups is 1. The molecule has 0 aliphatic heterocycles. The number of rotatable bonds is 1. The second kappa shape index (κ2) is 5.85. The first-order valence-corrected chi connectivity index (χ1v) is 5.20. The van der Waals surface area contributed by atoms with E-state index in [0.29, 0.717) is 17.0 Å². The summed E-state index contributed by atoms with van der Waals surface area (Å²) in [5.74, 6) is 5.98. The molecule has 0 amide bonds. The van der Waals surface area contributed by atoms with Gasteiger partial charge in [0.25, 0.3) is 0 Å². The minimum atomic E-state index is 0.0332. The Labute approximate surface area is 92.5 Å². The number of carbonyl (C=O) groups excluding carboxylic acids is 1. The summed E-state index contributed by atoms with van der Waals surface area (Å²) in [5, 5.41) is 8.78. The zero-order valence-corrected chi connectivity index (χ0v) is 8.97. The van der Waals surface area contributed by atoms with Crippen LogP contribution >= 0.6 is 11.8 Å². The van der Waals surface area contributed by atoms with Crippen LogP contribution in [0.1, 0.15) is 18.2 Å². The highest BCUT2D eigenvalue weighted by Gasteiger charge is 1.97. The van der Waals surface area contributed by atoms with Crippen LogP contribution in [0.25, 0.3) is 0 Å². The van der Waals surface area contributed by atoms with E-state index in [1.54, 1.807) is 18.3 Å². The maximum Gasteiger partial charge on any atom is 0.186 e. The molecule has 0 bridgehead atoms. The van der Waals surface area contributed by atoms with E-state index in [-0.39, 0.29) is 5.12 Å². The molecule has 0 fully saturated rings. The van der Waals surface area contributed by atoms with Crippen molar-refractivity contribution in [2.24, 2.45) is 0 Å². The topological polar surface area (TPSA) is 53.8 Å². The standard InChI is InChI=1S/C11H8N2OS/c1-9(14)15-7-3-5-11-10(8-12)4-2-6-13-11/h2,4,6H,7H2,1H3. The van der Waals surface area contributed by atoms with Crippen LogP contribution < -0.4 is 0 Å². The van der Waals surface area contributed by atoms with E-state index < -0.39 is 0 Å². The van der Waals surface area contributed by atoms with Gasteiger partial charge in [0, 0.05) is 13.1 Å². The minimum absolute atomic E-state index is 0.0332. The first kappa shape index (κ1) is 11.3. The van der Waals surface area contributed by atoms with E-state index >= 15 is 0 Å². The van der Waals surface area contributed by atoms with Crippen LogP contribution in [0.2, 0.25) is 0 Å². The van der Waals surface area contributed by atoms with Gasteiger partial charge in [-0.2, -0.15) is 5.26 Å². The van der Waals surface area contributed by atoms with Crippen LogP contribution in [-0.2, 0) is 4.79 Å². The average molecular weight is 216 g/mol. The van der Waals surface area contributed by atoms with Crippen LogP contribution in [0.5, 0.6) is 0 Å². The van der Waals surface area contributed by atoms with Gasteiger partial charge in [0.2, 0.25) is 0 Å². The molecule has 0 radical (unpaired) electrons. The normalized spacial score (nSPS) is 8.53. The fourth-order valence-corrected chi connectivity index (χ4v) is 1.20. The molecule has 0 aliphatic carbocycles. The highest BCUT2D eigenvalue weighted by atomic mass is 32.2. The lowest BCUT2D eigenvalue weighted by molar-refractivity contribution is -0.109. The Bertz CT molecular complexity index is 465. The molecule has 0 aliphatic rings. The zero-order chi connectivity index (χ0) is 11.1. The lowest BCUT2D eigenvalue weighted by atomic mass is 10.2. The second-order valence-electron chi connectivity index (χ2n) is 2.59. The number of hydrogen-bond donors (Lipinski definition) is 0. The fourth-order valence-electron chi connectivity index (χ4n) is 0.853.